The van der Waals surface area contributed by atoms with E-state index in [1.165, 1.54) is 6.33 Å². The third-order valence-electron chi connectivity index (χ3n) is 3.88. The van der Waals surface area contributed by atoms with E-state index in [9.17, 15) is 4.79 Å². The number of aryl methyl sites for hydroxylation is 1. The maximum atomic E-state index is 11.5. The molecule has 0 bridgehead atoms. The molecule has 128 valence electrons. The van der Waals surface area contributed by atoms with Crippen LogP contribution in [0, 0.1) is 13.8 Å². The van der Waals surface area contributed by atoms with Crippen LogP contribution < -0.4 is 5.32 Å². The molecule has 0 aliphatic carbocycles. The Morgan fingerprint density at radius 3 is 2.72 bits per heavy atom. The molecule has 0 radical (unpaired) electrons. The van der Waals surface area contributed by atoms with Crippen LogP contribution in [0.4, 0.5) is 5.82 Å². The van der Waals surface area contributed by atoms with Gasteiger partial charge in [0.15, 0.2) is 11.6 Å². The number of carbonyl (C=O) groups is 1. The van der Waals surface area contributed by atoms with Crippen molar-refractivity contribution in [3.8, 4) is 5.82 Å². The third kappa shape index (κ3) is 3.76. The molecule has 0 atom stereocenters. The number of rotatable bonds is 5. The number of benzene rings is 1. The van der Waals surface area contributed by atoms with Gasteiger partial charge in [-0.25, -0.2) is 14.6 Å². The van der Waals surface area contributed by atoms with Crippen molar-refractivity contribution in [1.82, 2.24) is 19.7 Å². The van der Waals surface area contributed by atoms with E-state index in [4.69, 9.17) is 0 Å². The minimum atomic E-state index is 0.0567. The summed E-state index contributed by atoms with van der Waals surface area (Å²) in [7, 11) is 0. The minimum Gasteiger partial charge on any atom is -0.366 e. The van der Waals surface area contributed by atoms with Crippen LogP contribution >= 0.6 is 15.9 Å². The first-order valence-electron chi connectivity index (χ1n) is 7.83. The van der Waals surface area contributed by atoms with Gasteiger partial charge in [-0.3, -0.25) is 4.79 Å². The van der Waals surface area contributed by atoms with Gasteiger partial charge >= 0.3 is 0 Å². The second-order valence-electron chi connectivity index (χ2n) is 5.77. The summed E-state index contributed by atoms with van der Waals surface area (Å²) in [6, 6.07) is 9.40. The number of ketones is 1. The highest BCUT2D eigenvalue weighted by molar-refractivity contribution is 9.10. The summed E-state index contributed by atoms with van der Waals surface area (Å²) in [6.07, 6.45) is 1.51. The number of hydrogen-bond donors (Lipinski definition) is 1. The summed E-state index contributed by atoms with van der Waals surface area (Å²) in [5, 5.41) is 7.75. The zero-order valence-electron chi connectivity index (χ0n) is 14.2. The first kappa shape index (κ1) is 17.3. The Kier molecular flexibility index (Phi) is 4.94. The molecule has 0 saturated heterocycles. The molecular weight excluding hydrogens is 382 g/mol. The second kappa shape index (κ2) is 7.14. The highest BCUT2D eigenvalue weighted by Gasteiger charge is 2.12. The van der Waals surface area contributed by atoms with Crippen LogP contribution in [-0.4, -0.2) is 25.5 Å². The zero-order chi connectivity index (χ0) is 18.0. The van der Waals surface area contributed by atoms with Gasteiger partial charge in [0.1, 0.15) is 12.1 Å². The first-order valence-corrected chi connectivity index (χ1v) is 8.63. The summed E-state index contributed by atoms with van der Waals surface area (Å²) in [5.41, 5.74) is 3.61. The van der Waals surface area contributed by atoms with E-state index in [2.05, 4.69) is 36.3 Å². The third-order valence-corrected chi connectivity index (χ3v) is 5.03. The van der Waals surface area contributed by atoms with Gasteiger partial charge in [-0.2, -0.15) is 5.10 Å². The number of hydrogen-bond acceptors (Lipinski definition) is 5. The van der Waals surface area contributed by atoms with Crippen LogP contribution in [-0.2, 0) is 6.54 Å². The lowest BCUT2D eigenvalue weighted by atomic mass is 10.1. The van der Waals surface area contributed by atoms with E-state index in [0.717, 1.165) is 21.4 Å². The Labute approximate surface area is 154 Å². The average molecular weight is 400 g/mol. The molecule has 0 aliphatic rings. The highest BCUT2D eigenvalue weighted by Crippen LogP contribution is 2.22. The normalized spacial score (nSPS) is 10.7. The zero-order valence-corrected chi connectivity index (χ0v) is 15.8. The van der Waals surface area contributed by atoms with E-state index < -0.39 is 0 Å². The maximum Gasteiger partial charge on any atom is 0.159 e. The molecule has 0 aliphatic heterocycles. The van der Waals surface area contributed by atoms with Crippen molar-refractivity contribution < 1.29 is 4.79 Å². The molecule has 3 aromatic rings. The number of nitrogens with zero attached hydrogens (tertiary/aromatic N) is 4. The Morgan fingerprint density at radius 2 is 2.04 bits per heavy atom. The lowest BCUT2D eigenvalue weighted by molar-refractivity contribution is 0.101. The van der Waals surface area contributed by atoms with E-state index >= 15 is 0 Å². The number of carbonyl (C=O) groups excluding carboxylic acids is 1. The molecule has 3 rings (SSSR count). The number of nitrogens with one attached hydrogen (secondary N) is 1. The molecule has 0 unspecified atom stereocenters. The second-order valence-corrected chi connectivity index (χ2v) is 6.56. The fourth-order valence-electron chi connectivity index (χ4n) is 2.50. The van der Waals surface area contributed by atoms with Crippen LogP contribution in [0.3, 0.4) is 0 Å². The molecule has 7 heteroatoms. The van der Waals surface area contributed by atoms with Crippen molar-refractivity contribution in [2.75, 3.05) is 5.32 Å². The number of aromatic nitrogens is 4. The average Bonchev–Trinajstić information content (AvgIpc) is 2.88. The summed E-state index contributed by atoms with van der Waals surface area (Å²) >= 11 is 3.53. The Bertz CT molecular complexity index is 935. The first-order chi connectivity index (χ1) is 12.0. The predicted molar refractivity (Wildman–Crippen MR) is 100 cm³/mol. The van der Waals surface area contributed by atoms with Gasteiger partial charge in [-0.15, -0.1) is 0 Å². The van der Waals surface area contributed by atoms with Crippen molar-refractivity contribution in [2.45, 2.75) is 27.3 Å². The van der Waals surface area contributed by atoms with Crippen LogP contribution in [0.25, 0.3) is 5.82 Å². The molecule has 25 heavy (non-hydrogen) atoms. The van der Waals surface area contributed by atoms with Gasteiger partial charge in [-0.1, -0.05) is 18.2 Å². The van der Waals surface area contributed by atoms with E-state index in [1.54, 1.807) is 11.6 Å². The highest BCUT2D eigenvalue weighted by atomic mass is 79.9. The molecule has 0 amide bonds. The summed E-state index contributed by atoms with van der Waals surface area (Å²) in [4.78, 5) is 20.0. The molecule has 1 N–H and O–H groups in total. The van der Waals surface area contributed by atoms with Crippen molar-refractivity contribution in [3.63, 3.8) is 0 Å². The molecule has 1 aromatic carbocycles. The monoisotopic (exact) mass is 399 g/mol. The molecule has 2 aromatic heterocycles. The molecule has 0 fully saturated rings. The SMILES string of the molecule is CC(=O)c1cccc(CNc2cc(-n3nc(C)c(Br)c3C)ncn2)c1. The van der Waals surface area contributed by atoms with Crippen LogP contribution in [0.2, 0.25) is 0 Å². The largest absolute Gasteiger partial charge is 0.366 e. The lowest BCUT2D eigenvalue weighted by Crippen LogP contribution is -2.06. The molecule has 0 spiro atoms. The van der Waals surface area contributed by atoms with Gasteiger partial charge in [0, 0.05) is 18.2 Å². The van der Waals surface area contributed by atoms with Gasteiger partial charge in [0.25, 0.3) is 0 Å². The van der Waals surface area contributed by atoms with E-state index in [-0.39, 0.29) is 5.78 Å². The minimum absolute atomic E-state index is 0.0567. The topological polar surface area (TPSA) is 72.7 Å². The van der Waals surface area contributed by atoms with E-state index in [0.29, 0.717) is 23.7 Å². The summed E-state index contributed by atoms with van der Waals surface area (Å²) in [6.45, 7) is 6.05. The number of Topliss-reactive ketones (excluding diaryl/α,β-unsaturated/α-hetero) is 1. The van der Waals surface area contributed by atoms with Gasteiger partial charge < -0.3 is 5.32 Å². The fraction of sp³-hybridized carbons (Fsp3) is 0.222. The van der Waals surface area contributed by atoms with Crippen LogP contribution in [0.1, 0.15) is 34.2 Å². The number of anilines is 1. The fourth-order valence-corrected chi connectivity index (χ4v) is 2.75. The molecular formula is C18H18BrN5O. The van der Waals surface area contributed by atoms with Crippen molar-refractivity contribution in [2.24, 2.45) is 0 Å². The van der Waals surface area contributed by atoms with Gasteiger partial charge in [0.2, 0.25) is 0 Å². The Balaban J connectivity index is 1.79. The maximum absolute atomic E-state index is 11.5. The quantitative estimate of drug-likeness (QED) is 0.659. The predicted octanol–water partition coefficient (Wildman–Crippen LogP) is 3.86. The summed E-state index contributed by atoms with van der Waals surface area (Å²) < 4.78 is 2.75. The number of halogens is 1. The van der Waals surface area contributed by atoms with Crippen molar-refractivity contribution in [3.05, 3.63) is 63.6 Å². The lowest BCUT2D eigenvalue weighted by Gasteiger charge is -2.09. The van der Waals surface area contributed by atoms with Crippen LogP contribution in [0.15, 0.2) is 41.1 Å². The summed E-state index contributed by atoms with van der Waals surface area (Å²) in [5.74, 6) is 1.45. The molecule has 2 heterocycles. The Morgan fingerprint density at radius 1 is 1.24 bits per heavy atom. The smallest absolute Gasteiger partial charge is 0.159 e. The van der Waals surface area contributed by atoms with Crippen LogP contribution in [0.5, 0.6) is 0 Å². The standard InChI is InChI=1S/C18H18BrN5O/c1-11-18(19)12(2)24(23-11)17-8-16(21-10-22-17)20-9-14-5-4-6-15(7-14)13(3)25/h4-8,10H,9H2,1-3H3,(H,20,21,22). The van der Waals surface area contributed by atoms with Crippen molar-refractivity contribution in [1.29, 1.82) is 0 Å². The van der Waals surface area contributed by atoms with Gasteiger partial charge in [0.05, 0.1) is 15.9 Å². The molecule has 0 saturated carbocycles. The van der Waals surface area contributed by atoms with Crippen molar-refractivity contribution >= 4 is 27.5 Å². The molecule has 6 nitrogen and oxygen atoms in total. The Hall–Kier alpha value is -2.54. The van der Waals surface area contributed by atoms with Gasteiger partial charge in [-0.05, 0) is 48.3 Å². The van der Waals surface area contributed by atoms with E-state index in [1.807, 2.05) is 44.2 Å².